The molecule has 0 aromatic heterocycles. The number of halogens is 1. The summed E-state index contributed by atoms with van der Waals surface area (Å²) in [5.74, 6) is -0.162. The molecule has 0 atom stereocenters. The Bertz CT molecular complexity index is 699. The van der Waals surface area contributed by atoms with Gasteiger partial charge in [0.25, 0.3) is 5.91 Å². The number of carbonyl (C=O) groups excluding carboxylic acids is 1. The van der Waals surface area contributed by atoms with Crippen molar-refractivity contribution < 1.29 is 4.79 Å². The summed E-state index contributed by atoms with van der Waals surface area (Å²) in [4.78, 5) is 12.0. The zero-order chi connectivity index (χ0) is 16.7. The monoisotopic (exact) mass is 421 g/mol. The van der Waals surface area contributed by atoms with Gasteiger partial charge in [0.1, 0.15) is 0 Å². The predicted octanol–water partition coefficient (Wildman–Crippen LogP) is 3.94. The smallest absolute Gasteiger partial charge is 0.259 e. The minimum Gasteiger partial charge on any atom is -0.376 e. The van der Waals surface area contributed by atoms with Crippen LogP contribution in [0.5, 0.6) is 0 Å². The van der Waals surface area contributed by atoms with E-state index in [-0.39, 0.29) is 12.5 Å². The van der Waals surface area contributed by atoms with Gasteiger partial charge in [0, 0.05) is 9.26 Å². The molecule has 0 unspecified atom stereocenters. The van der Waals surface area contributed by atoms with Gasteiger partial charge in [-0.25, -0.2) is 5.43 Å². The van der Waals surface area contributed by atoms with E-state index in [0.717, 1.165) is 28.9 Å². The van der Waals surface area contributed by atoms with Crippen LogP contribution >= 0.6 is 22.6 Å². The van der Waals surface area contributed by atoms with E-state index in [1.165, 1.54) is 3.57 Å². The minimum absolute atomic E-state index is 0.162. The van der Waals surface area contributed by atoms with Crippen LogP contribution in [0.4, 0.5) is 5.69 Å². The van der Waals surface area contributed by atoms with Crippen molar-refractivity contribution in [1.82, 2.24) is 5.43 Å². The average Bonchev–Trinajstić information content (AvgIpc) is 2.55. The van der Waals surface area contributed by atoms with Gasteiger partial charge in [0.05, 0.1) is 12.3 Å². The molecular formula is C18H20IN3O. The predicted molar refractivity (Wildman–Crippen MR) is 104 cm³/mol. The molecule has 120 valence electrons. The zero-order valence-corrected chi connectivity index (χ0v) is 15.4. The lowest BCUT2D eigenvalue weighted by molar-refractivity contribution is -0.119. The van der Waals surface area contributed by atoms with Gasteiger partial charge in [-0.3, -0.25) is 4.79 Å². The Morgan fingerprint density at radius 2 is 1.91 bits per heavy atom. The number of aryl methyl sites for hydroxylation is 1. The first-order chi connectivity index (χ1) is 11.1. The van der Waals surface area contributed by atoms with Gasteiger partial charge in [-0.2, -0.15) is 5.10 Å². The van der Waals surface area contributed by atoms with E-state index in [1.807, 2.05) is 56.3 Å². The van der Waals surface area contributed by atoms with Gasteiger partial charge in [-0.05, 0) is 65.3 Å². The second-order valence-electron chi connectivity index (χ2n) is 5.13. The molecule has 2 N–H and O–H groups in total. The third kappa shape index (κ3) is 5.35. The number of anilines is 1. The first-order valence-electron chi connectivity index (χ1n) is 7.51. The lowest BCUT2D eigenvalue weighted by Gasteiger charge is -2.09. The Morgan fingerprint density at radius 1 is 1.17 bits per heavy atom. The molecule has 0 heterocycles. The number of rotatable bonds is 6. The molecule has 0 saturated heterocycles. The summed E-state index contributed by atoms with van der Waals surface area (Å²) in [5, 5.41) is 7.37. The third-order valence-corrected chi connectivity index (χ3v) is 4.06. The molecule has 0 aliphatic rings. The first kappa shape index (κ1) is 17.5. The molecule has 0 spiro atoms. The average molecular weight is 421 g/mol. The van der Waals surface area contributed by atoms with Gasteiger partial charge in [-0.15, -0.1) is 0 Å². The summed E-state index contributed by atoms with van der Waals surface area (Å²) < 4.78 is 1.18. The molecule has 2 aromatic rings. The van der Waals surface area contributed by atoms with Gasteiger partial charge < -0.3 is 5.32 Å². The van der Waals surface area contributed by atoms with Crippen LogP contribution in [0.25, 0.3) is 0 Å². The van der Waals surface area contributed by atoms with E-state index >= 15 is 0 Å². The van der Waals surface area contributed by atoms with E-state index in [4.69, 9.17) is 0 Å². The molecule has 0 aliphatic heterocycles. The number of benzene rings is 2. The zero-order valence-electron chi connectivity index (χ0n) is 13.3. The minimum atomic E-state index is -0.162. The lowest BCUT2D eigenvalue weighted by atomic mass is 10.1. The van der Waals surface area contributed by atoms with E-state index in [2.05, 4.69) is 44.5 Å². The summed E-state index contributed by atoms with van der Waals surface area (Å²) >= 11 is 2.27. The molecule has 5 heteroatoms. The molecule has 1 amide bonds. The molecule has 2 rings (SSSR count). The van der Waals surface area contributed by atoms with Gasteiger partial charge in [0.15, 0.2) is 0 Å². The summed E-state index contributed by atoms with van der Waals surface area (Å²) in [5.41, 5.74) is 6.59. The van der Waals surface area contributed by atoms with E-state index in [9.17, 15) is 4.79 Å². The Hall–Kier alpha value is -1.89. The molecule has 2 aromatic carbocycles. The molecule has 0 radical (unpaired) electrons. The second-order valence-corrected chi connectivity index (χ2v) is 6.37. The van der Waals surface area contributed by atoms with Crippen LogP contribution in [0.2, 0.25) is 0 Å². The summed E-state index contributed by atoms with van der Waals surface area (Å²) in [6.07, 6.45) is 0.758. The number of carbonyl (C=O) groups is 1. The lowest BCUT2D eigenvalue weighted by Crippen LogP contribution is -2.27. The van der Waals surface area contributed by atoms with Crippen molar-refractivity contribution in [2.45, 2.75) is 20.3 Å². The van der Waals surface area contributed by atoms with Crippen LogP contribution in [0, 0.1) is 10.5 Å². The van der Waals surface area contributed by atoms with Crippen LogP contribution in [0.15, 0.2) is 53.6 Å². The van der Waals surface area contributed by atoms with Crippen molar-refractivity contribution in [3.8, 4) is 0 Å². The summed E-state index contributed by atoms with van der Waals surface area (Å²) in [6, 6.07) is 15.9. The highest BCUT2D eigenvalue weighted by Gasteiger charge is 2.04. The molecular weight excluding hydrogens is 401 g/mol. The fourth-order valence-corrected chi connectivity index (χ4v) is 2.80. The van der Waals surface area contributed by atoms with Crippen LogP contribution < -0.4 is 10.7 Å². The molecule has 0 bridgehead atoms. The highest BCUT2D eigenvalue weighted by Crippen LogP contribution is 2.17. The SMILES string of the molecule is CC/C(=N/NC(=O)CNc1ccc(I)cc1C)c1ccccc1. The van der Waals surface area contributed by atoms with Crippen molar-refractivity contribution in [2.75, 3.05) is 11.9 Å². The maximum Gasteiger partial charge on any atom is 0.259 e. The van der Waals surface area contributed by atoms with Crippen LogP contribution in [0.1, 0.15) is 24.5 Å². The Balaban J connectivity index is 1.92. The molecule has 0 saturated carbocycles. The standard InChI is InChI=1S/C18H20IN3O/c1-3-16(14-7-5-4-6-8-14)21-22-18(23)12-20-17-10-9-15(19)11-13(17)2/h4-11,20H,3,12H2,1-2H3,(H,22,23)/b21-16-. The third-order valence-electron chi connectivity index (χ3n) is 3.39. The van der Waals surface area contributed by atoms with E-state index in [1.54, 1.807) is 0 Å². The number of hydrogen-bond acceptors (Lipinski definition) is 3. The van der Waals surface area contributed by atoms with Crippen molar-refractivity contribution in [3.05, 3.63) is 63.2 Å². The van der Waals surface area contributed by atoms with Gasteiger partial charge in [-0.1, -0.05) is 37.3 Å². The van der Waals surface area contributed by atoms with Crippen LogP contribution in [-0.4, -0.2) is 18.2 Å². The van der Waals surface area contributed by atoms with Crippen molar-refractivity contribution in [2.24, 2.45) is 5.10 Å². The summed E-state index contributed by atoms with van der Waals surface area (Å²) in [6.45, 7) is 4.23. The highest BCUT2D eigenvalue weighted by atomic mass is 127. The van der Waals surface area contributed by atoms with Crippen LogP contribution in [0.3, 0.4) is 0 Å². The summed E-state index contributed by atoms with van der Waals surface area (Å²) in [7, 11) is 0. The van der Waals surface area contributed by atoms with Gasteiger partial charge >= 0.3 is 0 Å². The van der Waals surface area contributed by atoms with Crippen molar-refractivity contribution in [3.63, 3.8) is 0 Å². The fraction of sp³-hybridized carbons (Fsp3) is 0.222. The molecule has 23 heavy (non-hydrogen) atoms. The number of hydrogen-bond donors (Lipinski definition) is 2. The Morgan fingerprint density at radius 3 is 2.57 bits per heavy atom. The maximum absolute atomic E-state index is 12.0. The largest absolute Gasteiger partial charge is 0.376 e. The Labute approximate surface area is 150 Å². The van der Waals surface area contributed by atoms with E-state index < -0.39 is 0 Å². The normalized spacial score (nSPS) is 11.2. The highest BCUT2D eigenvalue weighted by molar-refractivity contribution is 14.1. The quantitative estimate of drug-likeness (QED) is 0.422. The Kier molecular flexibility index (Phi) is 6.58. The number of amides is 1. The maximum atomic E-state index is 12.0. The first-order valence-corrected chi connectivity index (χ1v) is 8.59. The second kappa shape index (κ2) is 8.67. The van der Waals surface area contributed by atoms with Crippen molar-refractivity contribution in [1.29, 1.82) is 0 Å². The van der Waals surface area contributed by atoms with Crippen molar-refractivity contribution >= 4 is 39.9 Å². The fourth-order valence-electron chi connectivity index (χ4n) is 2.15. The van der Waals surface area contributed by atoms with Crippen LogP contribution in [-0.2, 0) is 4.79 Å². The topological polar surface area (TPSA) is 53.5 Å². The van der Waals surface area contributed by atoms with Gasteiger partial charge in [0.2, 0.25) is 0 Å². The number of hydrazone groups is 1. The molecule has 4 nitrogen and oxygen atoms in total. The number of nitrogens with zero attached hydrogens (tertiary/aromatic N) is 1. The molecule has 0 fully saturated rings. The van der Waals surface area contributed by atoms with E-state index in [0.29, 0.717) is 0 Å². The molecule has 0 aliphatic carbocycles. The number of nitrogens with one attached hydrogen (secondary N) is 2.